The molecule has 114 valence electrons. The van der Waals surface area contributed by atoms with Gasteiger partial charge in [-0.15, -0.1) is 0 Å². The number of hydrogen-bond acceptors (Lipinski definition) is 3. The van der Waals surface area contributed by atoms with E-state index in [1.807, 2.05) is 12.1 Å². The summed E-state index contributed by atoms with van der Waals surface area (Å²) in [5.41, 5.74) is 5.22. The summed E-state index contributed by atoms with van der Waals surface area (Å²) in [5.74, 6) is 1.40. The van der Waals surface area contributed by atoms with Gasteiger partial charge in [0.15, 0.2) is 11.5 Å². The Labute approximate surface area is 135 Å². The van der Waals surface area contributed by atoms with Crippen molar-refractivity contribution in [3.8, 4) is 11.5 Å². The standard InChI is InChI=1S/C18H18ClNO2/c19-16-8-12(9-17-18(16)22-7-6-21-17)11-20-15-5-4-13-2-1-3-14(13)10-15/h4-5,8-10,20H,1-3,6-7,11H2. The molecule has 0 radical (unpaired) electrons. The molecule has 0 spiro atoms. The summed E-state index contributed by atoms with van der Waals surface area (Å²) in [6.07, 6.45) is 3.69. The van der Waals surface area contributed by atoms with E-state index in [0.29, 0.717) is 24.0 Å². The highest BCUT2D eigenvalue weighted by atomic mass is 35.5. The maximum absolute atomic E-state index is 6.27. The van der Waals surface area contributed by atoms with Gasteiger partial charge in [0.1, 0.15) is 13.2 Å². The Morgan fingerprint density at radius 2 is 1.86 bits per heavy atom. The number of aryl methyl sites for hydroxylation is 2. The van der Waals surface area contributed by atoms with Gasteiger partial charge in [-0.25, -0.2) is 0 Å². The van der Waals surface area contributed by atoms with E-state index in [9.17, 15) is 0 Å². The van der Waals surface area contributed by atoms with Gasteiger partial charge >= 0.3 is 0 Å². The van der Waals surface area contributed by atoms with E-state index in [4.69, 9.17) is 21.1 Å². The lowest BCUT2D eigenvalue weighted by molar-refractivity contribution is 0.171. The number of nitrogens with one attached hydrogen (secondary N) is 1. The average molecular weight is 316 g/mol. The second kappa shape index (κ2) is 5.73. The first-order valence-corrected chi connectivity index (χ1v) is 8.11. The summed E-state index contributed by atoms with van der Waals surface area (Å²) >= 11 is 6.27. The smallest absolute Gasteiger partial charge is 0.179 e. The summed E-state index contributed by atoms with van der Waals surface area (Å²) < 4.78 is 11.2. The van der Waals surface area contributed by atoms with Gasteiger partial charge in [-0.2, -0.15) is 0 Å². The molecule has 0 aromatic heterocycles. The molecule has 0 saturated carbocycles. The van der Waals surface area contributed by atoms with E-state index in [2.05, 4.69) is 23.5 Å². The zero-order valence-corrected chi connectivity index (χ0v) is 13.1. The Balaban J connectivity index is 1.51. The largest absolute Gasteiger partial charge is 0.486 e. The van der Waals surface area contributed by atoms with E-state index in [1.54, 1.807) is 0 Å². The van der Waals surface area contributed by atoms with Gasteiger partial charge < -0.3 is 14.8 Å². The quantitative estimate of drug-likeness (QED) is 0.920. The molecule has 1 N–H and O–H groups in total. The van der Waals surface area contributed by atoms with E-state index < -0.39 is 0 Å². The highest BCUT2D eigenvalue weighted by molar-refractivity contribution is 6.32. The molecule has 2 aliphatic rings. The normalized spacial score (nSPS) is 15.5. The van der Waals surface area contributed by atoms with Crippen molar-refractivity contribution in [2.24, 2.45) is 0 Å². The Morgan fingerprint density at radius 1 is 1.00 bits per heavy atom. The van der Waals surface area contributed by atoms with Crippen LogP contribution in [-0.4, -0.2) is 13.2 Å². The van der Waals surface area contributed by atoms with E-state index in [-0.39, 0.29) is 0 Å². The van der Waals surface area contributed by atoms with Crippen molar-refractivity contribution in [3.63, 3.8) is 0 Å². The monoisotopic (exact) mass is 315 g/mol. The number of anilines is 1. The highest BCUT2D eigenvalue weighted by Crippen LogP contribution is 2.38. The van der Waals surface area contributed by atoms with Crippen molar-refractivity contribution >= 4 is 17.3 Å². The van der Waals surface area contributed by atoms with Gasteiger partial charge in [0, 0.05) is 12.2 Å². The molecular weight excluding hydrogens is 298 g/mol. The molecular formula is C18H18ClNO2. The predicted octanol–water partition coefficient (Wildman–Crippen LogP) is 4.21. The van der Waals surface area contributed by atoms with Crippen LogP contribution in [0.5, 0.6) is 11.5 Å². The van der Waals surface area contributed by atoms with Crippen LogP contribution in [0.2, 0.25) is 5.02 Å². The summed E-state index contributed by atoms with van der Waals surface area (Å²) in [7, 11) is 0. The van der Waals surface area contributed by atoms with Gasteiger partial charge in [-0.1, -0.05) is 17.7 Å². The second-order valence-corrected chi connectivity index (χ2v) is 6.20. The summed E-state index contributed by atoms with van der Waals surface area (Å²) in [6, 6.07) is 10.6. The topological polar surface area (TPSA) is 30.5 Å². The zero-order valence-electron chi connectivity index (χ0n) is 12.3. The minimum atomic E-state index is 0.555. The van der Waals surface area contributed by atoms with Gasteiger partial charge in [0.2, 0.25) is 0 Å². The predicted molar refractivity (Wildman–Crippen MR) is 88.2 cm³/mol. The molecule has 1 heterocycles. The van der Waals surface area contributed by atoms with Crippen molar-refractivity contribution in [3.05, 3.63) is 52.0 Å². The van der Waals surface area contributed by atoms with Gasteiger partial charge in [-0.3, -0.25) is 0 Å². The first-order valence-electron chi connectivity index (χ1n) is 7.73. The molecule has 0 atom stereocenters. The zero-order chi connectivity index (χ0) is 14.9. The lowest BCUT2D eigenvalue weighted by Gasteiger charge is -2.20. The second-order valence-electron chi connectivity index (χ2n) is 5.79. The lowest BCUT2D eigenvalue weighted by atomic mass is 10.1. The van der Waals surface area contributed by atoms with Gasteiger partial charge in [-0.05, 0) is 60.2 Å². The van der Waals surface area contributed by atoms with Gasteiger partial charge in [0.05, 0.1) is 5.02 Å². The van der Waals surface area contributed by atoms with Crippen molar-refractivity contribution in [2.75, 3.05) is 18.5 Å². The summed E-state index contributed by atoms with van der Waals surface area (Å²) in [6.45, 7) is 1.85. The minimum Gasteiger partial charge on any atom is -0.486 e. The van der Waals surface area contributed by atoms with Crippen molar-refractivity contribution in [1.82, 2.24) is 0 Å². The van der Waals surface area contributed by atoms with Crippen LogP contribution in [0.1, 0.15) is 23.1 Å². The molecule has 1 aliphatic carbocycles. The number of benzene rings is 2. The fourth-order valence-corrected chi connectivity index (χ4v) is 3.44. The first kappa shape index (κ1) is 13.8. The molecule has 22 heavy (non-hydrogen) atoms. The fraction of sp³-hybridized carbons (Fsp3) is 0.333. The minimum absolute atomic E-state index is 0.555. The van der Waals surface area contributed by atoms with Crippen LogP contribution in [0.25, 0.3) is 0 Å². The first-order chi connectivity index (χ1) is 10.8. The third kappa shape index (κ3) is 2.61. The maximum atomic E-state index is 6.27. The molecule has 0 bridgehead atoms. The maximum Gasteiger partial charge on any atom is 0.179 e. The summed E-state index contributed by atoms with van der Waals surface area (Å²) in [4.78, 5) is 0. The van der Waals surface area contributed by atoms with Crippen LogP contribution in [0, 0.1) is 0 Å². The third-order valence-corrected chi connectivity index (χ3v) is 4.53. The molecule has 1 aliphatic heterocycles. The molecule has 0 saturated heterocycles. The SMILES string of the molecule is Clc1cc(CNc2ccc3c(c2)CCC3)cc2c1OCCO2. The molecule has 0 fully saturated rings. The Kier molecular flexibility index (Phi) is 3.59. The summed E-state index contributed by atoms with van der Waals surface area (Å²) in [5, 5.41) is 4.08. The molecule has 3 nitrogen and oxygen atoms in total. The van der Waals surface area contributed by atoms with Gasteiger partial charge in [0.25, 0.3) is 0 Å². The third-order valence-electron chi connectivity index (χ3n) is 4.25. The molecule has 4 rings (SSSR count). The number of hydrogen-bond donors (Lipinski definition) is 1. The Bertz CT molecular complexity index is 714. The molecule has 0 unspecified atom stereocenters. The van der Waals surface area contributed by atoms with Crippen LogP contribution in [-0.2, 0) is 19.4 Å². The molecule has 2 aromatic rings. The van der Waals surface area contributed by atoms with Crippen LogP contribution in [0.4, 0.5) is 5.69 Å². The fourth-order valence-electron chi connectivity index (χ4n) is 3.15. The molecule has 4 heteroatoms. The van der Waals surface area contributed by atoms with Crippen molar-refractivity contribution in [1.29, 1.82) is 0 Å². The Hall–Kier alpha value is -1.87. The van der Waals surface area contributed by atoms with Crippen LogP contribution in [0.3, 0.4) is 0 Å². The molecule has 0 amide bonds. The van der Waals surface area contributed by atoms with Crippen molar-refractivity contribution in [2.45, 2.75) is 25.8 Å². The van der Waals surface area contributed by atoms with Crippen LogP contribution < -0.4 is 14.8 Å². The lowest BCUT2D eigenvalue weighted by Crippen LogP contribution is -2.16. The van der Waals surface area contributed by atoms with Crippen LogP contribution in [0.15, 0.2) is 30.3 Å². The average Bonchev–Trinajstić information content (AvgIpc) is 3.00. The number of ether oxygens (including phenoxy) is 2. The van der Waals surface area contributed by atoms with E-state index in [1.165, 1.54) is 30.4 Å². The number of fused-ring (bicyclic) bond motifs is 2. The Morgan fingerprint density at radius 3 is 2.82 bits per heavy atom. The van der Waals surface area contributed by atoms with E-state index in [0.717, 1.165) is 23.5 Å². The van der Waals surface area contributed by atoms with E-state index >= 15 is 0 Å². The number of halogens is 1. The molecule has 2 aromatic carbocycles. The highest BCUT2D eigenvalue weighted by Gasteiger charge is 2.16. The van der Waals surface area contributed by atoms with Crippen LogP contribution >= 0.6 is 11.6 Å². The van der Waals surface area contributed by atoms with Crippen molar-refractivity contribution < 1.29 is 9.47 Å². The number of rotatable bonds is 3.